The minimum atomic E-state index is -5.08. The van der Waals surface area contributed by atoms with Crippen molar-refractivity contribution in [3.05, 3.63) is 9.98 Å². The summed E-state index contributed by atoms with van der Waals surface area (Å²) in [6.07, 6.45) is -12.0. The first-order chi connectivity index (χ1) is 22.3. The molecule has 3 rings (SSSR count). The third-order valence-electron chi connectivity index (χ3n) is 5.51. The highest BCUT2D eigenvalue weighted by atomic mass is 79.9. The number of carboxylic acid groups (broad SMARTS) is 3. The fraction of sp³-hybridized carbons (Fsp3) is 0.591. The fourth-order valence-corrected chi connectivity index (χ4v) is 5.48. The number of hydrazine groups is 1. The minimum Gasteiger partial charge on any atom is -0.475 e. The number of carbonyl (C=O) groups is 5. The maximum Gasteiger partial charge on any atom is 0.490 e. The van der Waals surface area contributed by atoms with E-state index < -0.39 is 36.4 Å². The highest BCUT2D eigenvalue weighted by molar-refractivity contribution is 9.11. The number of alkyl halides is 9. The molecule has 2 amide bonds. The molecule has 0 bridgehead atoms. The van der Waals surface area contributed by atoms with Crippen LogP contribution in [0, 0.1) is 11.3 Å². The van der Waals surface area contributed by atoms with Gasteiger partial charge in [-0.05, 0) is 28.8 Å². The van der Waals surface area contributed by atoms with Gasteiger partial charge in [0.15, 0.2) is 5.13 Å². The second-order valence-corrected chi connectivity index (χ2v) is 12.5. The van der Waals surface area contributed by atoms with Gasteiger partial charge in [-0.25, -0.2) is 24.4 Å². The molecule has 1 aromatic rings. The van der Waals surface area contributed by atoms with E-state index in [9.17, 15) is 49.1 Å². The second-order valence-electron chi connectivity index (χ2n) is 9.11. The predicted octanol–water partition coefficient (Wildman–Crippen LogP) is 2.81. The Morgan fingerprint density at radius 1 is 0.980 bits per heavy atom. The number of nitriles is 1. The molecular weight excluding hydrogens is 805 g/mol. The van der Waals surface area contributed by atoms with Crippen LogP contribution in [-0.2, 0) is 24.0 Å². The number of nitrogens with one attached hydrogen (secondary N) is 1. The number of anilines is 1. The molecule has 6 N–H and O–H groups in total. The van der Waals surface area contributed by atoms with Crippen molar-refractivity contribution in [3.63, 3.8) is 0 Å². The van der Waals surface area contributed by atoms with Crippen molar-refractivity contribution in [2.45, 2.75) is 43.5 Å². The number of amides is 2. The lowest BCUT2D eigenvalue weighted by molar-refractivity contribution is -0.193. The van der Waals surface area contributed by atoms with Gasteiger partial charge in [-0.1, -0.05) is 11.3 Å². The van der Waals surface area contributed by atoms with Crippen molar-refractivity contribution in [1.82, 2.24) is 19.8 Å². The summed E-state index contributed by atoms with van der Waals surface area (Å²) in [4.78, 5) is 59.0. The van der Waals surface area contributed by atoms with Gasteiger partial charge >= 0.3 is 36.4 Å². The van der Waals surface area contributed by atoms with Gasteiger partial charge < -0.3 is 25.5 Å². The van der Waals surface area contributed by atoms with Gasteiger partial charge in [-0.2, -0.15) is 44.8 Å². The van der Waals surface area contributed by atoms with E-state index in [-0.39, 0.29) is 30.4 Å². The van der Waals surface area contributed by atoms with E-state index in [0.29, 0.717) is 23.3 Å². The number of piperidine rings is 1. The Morgan fingerprint density at radius 3 is 1.80 bits per heavy atom. The van der Waals surface area contributed by atoms with Crippen molar-refractivity contribution in [3.8, 4) is 6.07 Å². The Kier molecular flexibility index (Phi) is 18.9. The first-order valence-corrected chi connectivity index (χ1v) is 15.4. The molecule has 1 atom stereocenters. The zero-order valence-electron chi connectivity index (χ0n) is 24.2. The van der Waals surface area contributed by atoms with Crippen molar-refractivity contribution >= 4 is 73.9 Å². The predicted molar refractivity (Wildman–Crippen MR) is 153 cm³/mol. The number of hydrogen-bond donors (Lipinski definition) is 5. The lowest BCUT2D eigenvalue weighted by Crippen LogP contribution is -2.53. The number of nitrogens with two attached hydrogens (primary N) is 1. The Balaban J connectivity index is 0.000000891. The molecule has 1 unspecified atom stereocenters. The number of aliphatic carboxylic acids is 3. The van der Waals surface area contributed by atoms with Crippen molar-refractivity contribution in [2.24, 2.45) is 5.84 Å². The molecule has 0 spiro atoms. The monoisotopic (exact) mass is 829 g/mol. The molecule has 0 saturated carbocycles. The first-order valence-electron chi connectivity index (χ1n) is 12.6. The molecule has 49 heavy (non-hydrogen) atoms. The second kappa shape index (κ2) is 20.3. The van der Waals surface area contributed by atoms with Gasteiger partial charge in [0.05, 0.1) is 35.0 Å². The van der Waals surface area contributed by atoms with Crippen molar-refractivity contribution in [1.29, 1.82) is 5.26 Å². The van der Waals surface area contributed by atoms with Crippen LogP contribution in [0.25, 0.3) is 0 Å². The van der Waals surface area contributed by atoms with E-state index in [0.717, 1.165) is 29.7 Å². The Bertz CT molecular complexity index is 1260. The number of aromatic nitrogens is 1. The van der Waals surface area contributed by atoms with E-state index in [4.69, 9.17) is 40.8 Å². The topological polar surface area (TPSA) is 230 Å². The average Bonchev–Trinajstić information content (AvgIpc) is 3.61. The summed E-state index contributed by atoms with van der Waals surface area (Å²) in [7, 11) is 0. The SMILES string of the molecule is N#CC1CSCN1C(=O)CN(N)C1CCN(CC(=O)Nc2ncc(Br)s2)CC1.O=C(O)C(F)(F)F.O=C(O)C(F)(F)F.O=C(O)C(F)(F)F. The standard InChI is InChI=1S/C16H22BrN7O2S2.3C2HF3O2/c17-13-6-20-16(28-13)21-14(25)7-22-3-1-11(2-4-22)24(19)8-15(26)23-10-27-9-12(23)5-18;3*3-2(4,5)1(6)7/h6,11-12H,1-4,7-10,19H2,(H,20,21,25);3*(H,6,7). The summed E-state index contributed by atoms with van der Waals surface area (Å²) in [5.74, 6) is -1.11. The quantitative estimate of drug-likeness (QED) is 0.158. The minimum absolute atomic E-state index is 0.0887. The molecule has 2 aliphatic heterocycles. The number of carboxylic acids is 3. The van der Waals surface area contributed by atoms with Crippen LogP contribution >= 0.6 is 39.0 Å². The Labute approximate surface area is 285 Å². The molecule has 2 saturated heterocycles. The number of carbonyl (C=O) groups excluding carboxylic acids is 2. The molecule has 0 aliphatic carbocycles. The summed E-state index contributed by atoms with van der Waals surface area (Å²) in [5, 5.41) is 35.5. The third kappa shape index (κ3) is 18.8. The van der Waals surface area contributed by atoms with Crippen LogP contribution in [0.4, 0.5) is 44.6 Å². The van der Waals surface area contributed by atoms with Gasteiger partial charge in [0.1, 0.15) is 6.04 Å². The van der Waals surface area contributed by atoms with Crippen LogP contribution in [0.15, 0.2) is 9.98 Å². The molecule has 0 radical (unpaired) electrons. The molecule has 2 fully saturated rings. The number of nitrogens with zero attached hydrogens (tertiary/aromatic N) is 5. The Morgan fingerprint density at radius 2 is 1.43 bits per heavy atom. The maximum absolute atomic E-state index is 12.4. The zero-order valence-corrected chi connectivity index (χ0v) is 27.4. The van der Waals surface area contributed by atoms with Crippen LogP contribution in [-0.4, -0.2) is 133 Å². The van der Waals surface area contributed by atoms with E-state index in [1.54, 1.807) is 27.9 Å². The fourth-order valence-electron chi connectivity index (χ4n) is 3.25. The summed E-state index contributed by atoms with van der Waals surface area (Å²) in [5.41, 5.74) is 0. The number of halogens is 10. The normalized spacial score (nSPS) is 16.9. The smallest absolute Gasteiger partial charge is 0.475 e. The molecule has 2 aliphatic rings. The van der Waals surface area contributed by atoms with E-state index in [1.165, 1.54) is 11.3 Å². The van der Waals surface area contributed by atoms with Crippen LogP contribution in [0.2, 0.25) is 0 Å². The van der Waals surface area contributed by atoms with Crippen LogP contribution in [0.1, 0.15) is 12.8 Å². The number of likely N-dealkylation sites (tertiary alicyclic amines) is 1. The summed E-state index contributed by atoms with van der Waals surface area (Å²) >= 11 is 6.28. The summed E-state index contributed by atoms with van der Waals surface area (Å²) in [6.45, 7) is 1.90. The molecule has 278 valence electrons. The lowest BCUT2D eigenvalue weighted by Gasteiger charge is -2.36. The van der Waals surface area contributed by atoms with Crippen molar-refractivity contribution < 1.29 is 78.8 Å². The van der Waals surface area contributed by atoms with Crippen LogP contribution in [0.5, 0.6) is 0 Å². The molecule has 15 nitrogen and oxygen atoms in total. The van der Waals surface area contributed by atoms with Gasteiger partial charge in [0.2, 0.25) is 11.8 Å². The van der Waals surface area contributed by atoms with Gasteiger partial charge in [0, 0.05) is 24.9 Å². The largest absolute Gasteiger partial charge is 0.490 e. The van der Waals surface area contributed by atoms with E-state index in [2.05, 4.69) is 37.2 Å². The highest BCUT2D eigenvalue weighted by Gasteiger charge is 2.39. The van der Waals surface area contributed by atoms with Gasteiger partial charge in [-0.3, -0.25) is 20.3 Å². The number of thiazole rings is 1. The van der Waals surface area contributed by atoms with E-state index in [1.807, 2.05) is 0 Å². The number of rotatable bonds is 6. The highest BCUT2D eigenvalue weighted by Crippen LogP contribution is 2.24. The molecule has 1 aromatic heterocycles. The molecular formula is C22H25BrF9N7O8S2. The Hall–Kier alpha value is -3.45. The molecule has 0 aromatic carbocycles. The number of hydrogen-bond acceptors (Lipinski definition) is 12. The van der Waals surface area contributed by atoms with Crippen LogP contribution < -0.4 is 11.2 Å². The summed E-state index contributed by atoms with van der Waals surface area (Å²) < 4.78 is 96.1. The molecule has 27 heteroatoms. The number of thioether (sulfide) groups is 1. The lowest BCUT2D eigenvalue weighted by atomic mass is 10.0. The van der Waals surface area contributed by atoms with Gasteiger partial charge in [0.25, 0.3) is 0 Å². The third-order valence-corrected chi connectivity index (χ3v) is 7.92. The first kappa shape index (κ1) is 45.6. The average molecular weight is 831 g/mol. The molecule has 3 heterocycles. The van der Waals surface area contributed by atoms with Gasteiger partial charge in [-0.15, -0.1) is 11.8 Å². The zero-order chi connectivity index (χ0) is 38.3. The summed E-state index contributed by atoms with van der Waals surface area (Å²) in [6, 6.07) is 1.90. The van der Waals surface area contributed by atoms with Crippen LogP contribution in [0.3, 0.4) is 0 Å². The van der Waals surface area contributed by atoms with Crippen molar-refractivity contribution in [2.75, 3.05) is 43.1 Å². The maximum atomic E-state index is 12.4. The van der Waals surface area contributed by atoms with E-state index >= 15 is 0 Å².